The highest BCUT2D eigenvalue weighted by atomic mass is 16.7. The predicted molar refractivity (Wildman–Crippen MR) is 102 cm³/mol. The molecule has 5 unspecified atom stereocenters. The second kappa shape index (κ2) is 7.98. The molecule has 3 nitrogen and oxygen atoms in total. The lowest BCUT2D eigenvalue weighted by molar-refractivity contribution is -0.200. The first-order valence-corrected chi connectivity index (χ1v) is 10.4. The molecule has 0 aromatic heterocycles. The van der Waals surface area contributed by atoms with Gasteiger partial charge >= 0.3 is 5.97 Å². The van der Waals surface area contributed by atoms with Gasteiger partial charge in [-0.25, -0.2) is 0 Å². The molecular formula is C22H40O3. The number of hydrogen-bond donors (Lipinski definition) is 0. The molecule has 0 N–H and O–H groups in total. The summed E-state index contributed by atoms with van der Waals surface area (Å²) < 4.78 is 11.9. The maximum atomic E-state index is 13.0. The van der Waals surface area contributed by atoms with Crippen LogP contribution < -0.4 is 0 Å². The monoisotopic (exact) mass is 352 g/mol. The molecule has 0 aliphatic heterocycles. The van der Waals surface area contributed by atoms with E-state index in [9.17, 15) is 4.79 Å². The van der Waals surface area contributed by atoms with Crippen LogP contribution in [0.15, 0.2) is 0 Å². The van der Waals surface area contributed by atoms with Gasteiger partial charge in [-0.3, -0.25) is 4.79 Å². The van der Waals surface area contributed by atoms with Gasteiger partial charge in [0.2, 0.25) is 6.29 Å². The van der Waals surface area contributed by atoms with Crippen molar-refractivity contribution in [1.82, 2.24) is 0 Å². The average molecular weight is 353 g/mol. The Morgan fingerprint density at radius 1 is 1.12 bits per heavy atom. The van der Waals surface area contributed by atoms with Crippen molar-refractivity contribution in [2.45, 2.75) is 93.3 Å². The number of rotatable bonds is 8. The number of esters is 1. The number of hydrogen-bond acceptors (Lipinski definition) is 3. The molecule has 0 heterocycles. The summed E-state index contributed by atoms with van der Waals surface area (Å²) >= 11 is 0. The first-order chi connectivity index (χ1) is 11.6. The summed E-state index contributed by atoms with van der Waals surface area (Å²) in [6.07, 6.45) is 6.62. The lowest BCUT2D eigenvalue weighted by Crippen LogP contribution is -2.44. The fourth-order valence-corrected chi connectivity index (χ4v) is 4.81. The molecule has 3 heteroatoms. The third-order valence-electron chi connectivity index (χ3n) is 6.87. The molecule has 2 aliphatic carbocycles. The van der Waals surface area contributed by atoms with Crippen LogP contribution in [0.2, 0.25) is 0 Å². The normalized spacial score (nSPS) is 29.7. The lowest BCUT2D eigenvalue weighted by Gasteiger charge is -2.41. The highest BCUT2D eigenvalue weighted by Gasteiger charge is 2.46. The van der Waals surface area contributed by atoms with Crippen molar-refractivity contribution in [2.75, 3.05) is 6.61 Å². The molecule has 2 bridgehead atoms. The Bertz CT molecular complexity index is 451. The summed E-state index contributed by atoms with van der Waals surface area (Å²) in [5.74, 6) is 2.80. The number of carbonyl (C=O) groups excluding carboxylic acids is 1. The largest absolute Gasteiger partial charge is 0.435 e. The van der Waals surface area contributed by atoms with Crippen LogP contribution in [0.5, 0.6) is 0 Å². The molecule has 0 aromatic rings. The van der Waals surface area contributed by atoms with Gasteiger partial charge in [-0.1, -0.05) is 48.0 Å². The van der Waals surface area contributed by atoms with Crippen LogP contribution in [-0.4, -0.2) is 18.9 Å². The molecule has 2 aliphatic rings. The van der Waals surface area contributed by atoms with E-state index in [1.807, 2.05) is 6.92 Å². The van der Waals surface area contributed by atoms with Gasteiger partial charge in [-0.15, -0.1) is 0 Å². The molecule has 0 radical (unpaired) electrons. The predicted octanol–water partition coefficient (Wildman–Crippen LogP) is 5.82. The topological polar surface area (TPSA) is 35.5 Å². The van der Waals surface area contributed by atoms with E-state index in [1.54, 1.807) is 0 Å². The van der Waals surface area contributed by atoms with Crippen molar-refractivity contribution in [2.24, 2.45) is 34.5 Å². The van der Waals surface area contributed by atoms with Gasteiger partial charge in [0.15, 0.2) is 0 Å². The van der Waals surface area contributed by atoms with E-state index >= 15 is 0 Å². The molecule has 0 aromatic carbocycles. The van der Waals surface area contributed by atoms with Crippen LogP contribution >= 0.6 is 0 Å². The molecule has 2 rings (SSSR count). The van der Waals surface area contributed by atoms with Crippen LogP contribution in [0.1, 0.15) is 87.0 Å². The number of ether oxygens (including phenoxy) is 2. The SMILES string of the molecule is CCC(OCC1CC2CCC1C2)OC(=O)C(C)(CC(C)C)C(C)(C)C. The van der Waals surface area contributed by atoms with E-state index in [-0.39, 0.29) is 11.4 Å². The zero-order valence-electron chi connectivity index (χ0n) is 17.6. The second-order valence-electron chi connectivity index (χ2n) is 10.2. The van der Waals surface area contributed by atoms with Gasteiger partial charge in [0, 0.05) is 6.42 Å². The second-order valence-corrected chi connectivity index (χ2v) is 10.2. The standard InChI is InChI=1S/C22H40O3/c1-8-19(24-14-18-12-16-9-10-17(18)11-16)25-20(23)22(7,13-15(2)3)21(4,5)6/h15-19H,8-14H2,1-7H3. The first kappa shape index (κ1) is 20.7. The Kier molecular flexibility index (Phi) is 6.62. The summed E-state index contributed by atoms with van der Waals surface area (Å²) in [6.45, 7) is 15.6. The van der Waals surface area contributed by atoms with E-state index in [0.717, 1.165) is 24.9 Å². The third-order valence-corrected chi connectivity index (χ3v) is 6.87. The Balaban J connectivity index is 1.92. The number of fused-ring (bicyclic) bond motifs is 2. The Hall–Kier alpha value is -0.570. The quantitative estimate of drug-likeness (QED) is 0.408. The Morgan fingerprint density at radius 3 is 2.24 bits per heavy atom. The fraction of sp³-hybridized carbons (Fsp3) is 0.955. The minimum absolute atomic E-state index is 0.103. The van der Waals surface area contributed by atoms with E-state index < -0.39 is 11.7 Å². The zero-order chi connectivity index (χ0) is 18.8. The Morgan fingerprint density at radius 2 is 1.80 bits per heavy atom. The van der Waals surface area contributed by atoms with Gasteiger partial charge in [-0.05, 0) is 61.7 Å². The van der Waals surface area contributed by atoms with E-state index in [0.29, 0.717) is 18.3 Å². The third kappa shape index (κ3) is 4.78. The van der Waals surface area contributed by atoms with Gasteiger partial charge in [0.05, 0.1) is 12.0 Å². The van der Waals surface area contributed by atoms with Crippen LogP contribution in [-0.2, 0) is 14.3 Å². The van der Waals surface area contributed by atoms with Gasteiger partial charge in [0.1, 0.15) is 0 Å². The summed E-state index contributed by atoms with van der Waals surface area (Å²) in [5.41, 5.74) is -0.637. The van der Waals surface area contributed by atoms with Crippen LogP contribution in [0, 0.1) is 34.5 Å². The van der Waals surface area contributed by atoms with Gasteiger partial charge in [-0.2, -0.15) is 0 Å². The summed E-state index contributed by atoms with van der Waals surface area (Å²) in [5, 5.41) is 0. The summed E-state index contributed by atoms with van der Waals surface area (Å²) in [6, 6.07) is 0. The van der Waals surface area contributed by atoms with Gasteiger partial charge in [0.25, 0.3) is 0 Å². The first-order valence-electron chi connectivity index (χ1n) is 10.4. The maximum absolute atomic E-state index is 13.0. The minimum Gasteiger partial charge on any atom is -0.435 e. The van der Waals surface area contributed by atoms with Crippen molar-refractivity contribution in [3.05, 3.63) is 0 Å². The molecule has 5 atom stereocenters. The molecule has 25 heavy (non-hydrogen) atoms. The average Bonchev–Trinajstić information content (AvgIpc) is 3.11. The maximum Gasteiger partial charge on any atom is 0.314 e. The van der Waals surface area contributed by atoms with Crippen molar-refractivity contribution in [3.63, 3.8) is 0 Å². The minimum atomic E-state index is -0.496. The molecule has 0 amide bonds. The van der Waals surface area contributed by atoms with Crippen molar-refractivity contribution in [3.8, 4) is 0 Å². The highest BCUT2D eigenvalue weighted by Crippen LogP contribution is 2.48. The van der Waals surface area contributed by atoms with Crippen LogP contribution in [0.3, 0.4) is 0 Å². The van der Waals surface area contributed by atoms with Crippen molar-refractivity contribution < 1.29 is 14.3 Å². The van der Waals surface area contributed by atoms with Crippen LogP contribution in [0.4, 0.5) is 0 Å². The zero-order valence-corrected chi connectivity index (χ0v) is 17.6. The van der Waals surface area contributed by atoms with E-state index in [2.05, 4.69) is 41.5 Å². The molecule has 0 saturated heterocycles. The van der Waals surface area contributed by atoms with Crippen molar-refractivity contribution in [1.29, 1.82) is 0 Å². The van der Waals surface area contributed by atoms with E-state index in [4.69, 9.17) is 9.47 Å². The Labute approximate surface area is 155 Å². The molecule has 0 spiro atoms. The number of carbonyl (C=O) groups is 1. The summed E-state index contributed by atoms with van der Waals surface area (Å²) in [7, 11) is 0. The molecule has 2 saturated carbocycles. The summed E-state index contributed by atoms with van der Waals surface area (Å²) in [4.78, 5) is 13.0. The molecule has 2 fully saturated rings. The fourth-order valence-electron chi connectivity index (χ4n) is 4.81. The highest BCUT2D eigenvalue weighted by molar-refractivity contribution is 5.77. The lowest BCUT2D eigenvalue weighted by atomic mass is 9.64. The van der Waals surface area contributed by atoms with E-state index in [1.165, 1.54) is 25.7 Å². The smallest absolute Gasteiger partial charge is 0.314 e. The molecular weight excluding hydrogens is 312 g/mol. The van der Waals surface area contributed by atoms with Crippen molar-refractivity contribution >= 4 is 5.97 Å². The van der Waals surface area contributed by atoms with Crippen LogP contribution in [0.25, 0.3) is 0 Å². The van der Waals surface area contributed by atoms with Gasteiger partial charge < -0.3 is 9.47 Å². The molecule has 146 valence electrons.